The molecule has 27 heavy (non-hydrogen) atoms. The lowest BCUT2D eigenvalue weighted by Crippen LogP contribution is -2.48. The van der Waals surface area contributed by atoms with E-state index in [4.69, 9.17) is 9.72 Å². The maximum atomic E-state index is 13.1. The number of nitrogens with zero attached hydrogens (tertiary/aromatic N) is 4. The van der Waals surface area contributed by atoms with Crippen LogP contribution in [0.2, 0.25) is 0 Å². The summed E-state index contributed by atoms with van der Waals surface area (Å²) in [5.41, 5.74) is 2.41. The highest BCUT2D eigenvalue weighted by Crippen LogP contribution is 2.28. The summed E-state index contributed by atoms with van der Waals surface area (Å²) < 4.78 is 8.69. The van der Waals surface area contributed by atoms with Gasteiger partial charge in [0.2, 0.25) is 5.13 Å². The second kappa shape index (κ2) is 7.05. The Labute approximate surface area is 162 Å². The van der Waals surface area contributed by atoms with Gasteiger partial charge in [-0.1, -0.05) is 37.3 Å². The zero-order valence-electron chi connectivity index (χ0n) is 16.0. The number of benzene rings is 1. The number of fused-ring (bicyclic) bond motifs is 1. The molecule has 0 spiro atoms. The summed E-state index contributed by atoms with van der Waals surface area (Å²) in [6.45, 7) is 9.38. The highest BCUT2D eigenvalue weighted by Gasteiger charge is 2.29. The molecule has 2 aromatic heterocycles. The molecule has 1 aliphatic heterocycles. The number of aromatic nitrogens is 3. The van der Waals surface area contributed by atoms with Crippen LogP contribution in [0.15, 0.2) is 30.3 Å². The summed E-state index contributed by atoms with van der Waals surface area (Å²) in [5, 5.41) is 5.45. The molecule has 1 saturated heterocycles. The van der Waals surface area contributed by atoms with Gasteiger partial charge in [-0.3, -0.25) is 4.79 Å². The summed E-state index contributed by atoms with van der Waals surface area (Å²) in [6.07, 6.45) is 0.0715. The van der Waals surface area contributed by atoms with Crippen LogP contribution in [0, 0.1) is 0 Å². The van der Waals surface area contributed by atoms with Crippen LogP contribution in [-0.4, -0.2) is 50.9 Å². The standard InChI is InChI=1S/C20H24N4O2S/c1-12(2)17-9-16(19(25)23-10-13(3)26-14(4)11-23)22-24(17)20-21-15-7-5-6-8-18(15)27-20/h5-9,12-14H,10-11H2,1-4H3. The van der Waals surface area contributed by atoms with Gasteiger partial charge >= 0.3 is 0 Å². The van der Waals surface area contributed by atoms with Crippen molar-refractivity contribution in [2.24, 2.45) is 0 Å². The van der Waals surface area contributed by atoms with Crippen molar-refractivity contribution in [1.82, 2.24) is 19.7 Å². The number of ether oxygens (including phenoxy) is 1. The third kappa shape index (κ3) is 3.49. The van der Waals surface area contributed by atoms with Crippen LogP contribution in [0.5, 0.6) is 0 Å². The summed E-state index contributed by atoms with van der Waals surface area (Å²) in [7, 11) is 0. The van der Waals surface area contributed by atoms with E-state index in [0.29, 0.717) is 18.8 Å². The zero-order chi connectivity index (χ0) is 19.1. The van der Waals surface area contributed by atoms with Crippen LogP contribution in [0.1, 0.15) is 49.8 Å². The SMILES string of the molecule is CC1CN(C(=O)c2cc(C(C)C)n(-c3nc4ccccc4s3)n2)CC(C)O1. The Morgan fingerprint density at radius 1 is 1.22 bits per heavy atom. The molecule has 7 heteroatoms. The van der Waals surface area contributed by atoms with Gasteiger partial charge in [0.25, 0.3) is 5.91 Å². The molecule has 0 bridgehead atoms. The molecule has 0 aliphatic carbocycles. The summed E-state index contributed by atoms with van der Waals surface area (Å²) in [5.74, 6) is 0.187. The number of amides is 1. The van der Waals surface area contributed by atoms with E-state index >= 15 is 0 Å². The Morgan fingerprint density at radius 2 is 1.93 bits per heavy atom. The lowest BCUT2D eigenvalue weighted by Gasteiger charge is -2.34. The van der Waals surface area contributed by atoms with E-state index in [-0.39, 0.29) is 24.0 Å². The lowest BCUT2D eigenvalue weighted by molar-refractivity contribution is -0.0587. The Balaban J connectivity index is 1.71. The van der Waals surface area contributed by atoms with Crippen molar-refractivity contribution in [3.8, 4) is 5.13 Å². The number of rotatable bonds is 3. The molecule has 1 amide bonds. The number of carbonyl (C=O) groups excluding carboxylic acids is 1. The van der Waals surface area contributed by atoms with Crippen molar-refractivity contribution in [1.29, 1.82) is 0 Å². The van der Waals surface area contributed by atoms with Gasteiger partial charge in [-0.2, -0.15) is 5.10 Å². The molecule has 2 atom stereocenters. The van der Waals surface area contributed by atoms with Crippen LogP contribution < -0.4 is 0 Å². The molecule has 3 aromatic rings. The molecular weight excluding hydrogens is 360 g/mol. The molecule has 1 aromatic carbocycles. The first kappa shape index (κ1) is 18.1. The molecule has 1 aliphatic rings. The molecule has 2 unspecified atom stereocenters. The Bertz CT molecular complexity index is 934. The second-order valence-corrected chi connectivity index (χ2v) is 8.46. The summed E-state index contributed by atoms with van der Waals surface area (Å²) >= 11 is 1.59. The molecule has 3 heterocycles. The minimum Gasteiger partial charge on any atom is -0.372 e. The molecule has 1 fully saturated rings. The highest BCUT2D eigenvalue weighted by atomic mass is 32.1. The third-order valence-electron chi connectivity index (χ3n) is 4.72. The minimum atomic E-state index is -0.0428. The van der Waals surface area contributed by atoms with Crippen LogP contribution >= 0.6 is 11.3 Å². The van der Waals surface area contributed by atoms with Crippen molar-refractivity contribution < 1.29 is 9.53 Å². The van der Waals surface area contributed by atoms with Crippen molar-refractivity contribution in [3.63, 3.8) is 0 Å². The van der Waals surface area contributed by atoms with Gasteiger partial charge in [-0.15, -0.1) is 0 Å². The largest absolute Gasteiger partial charge is 0.372 e. The van der Waals surface area contributed by atoms with Gasteiger partial charge in [0, 0.05) is 13.1 Å². The van der Waals surface area contributed by atoms with Gasteiger partial charge in [0.1, 0.15) is 0 Å². The smallest absolute Gasteiger partial charge is 0.274 e. The topological polar surface area (TPSA) is 60.2 Å². The fraction of sp³-hybridized carbons (Fsp3) is 0.450. The number of hydrogen-bond donors (Lipinski definition) is 0. The van der Waals surface area contributed by atoms with E-state index in [9.17, 15) is 4.79 Å². The Morgan fingerprint density at radius 3 is 2.59 bits per heavy atom. The highest BCUT2D eigenvalue weighted by molar-refractivity contribution is 7.20. The van der Waals surface area contributed by atoms with Gasteiger partial charge in [-0.25, -0.2) is 9.67 Å². The van der Waals surface area contributed by atoms with E-state index in [1.807, 2.05) is 47.7 Å². The van der Waals surface area contributed by atoms with Crippen molar-refractivity contribution >= 4 is 27.5 Å². The van der Waals surface area contributed by atoms with Gasteiger partial charge in [-0.05, 0) is 38.0 Å². The van der Waals surface area contributed by atoms with Crippen molar-refractivity contribution in [3.05, 3.63) is 41.7 Å². The molecule has 142 valence electrons. The van der Waals surface area contributed by atoms with Crippen molar-refractivity contribution in [2.75, 3.05) is 13.1 Å². The maximum absolute atomic E-state index is 13.1. The quantitative estimate of drug-likeness (QED) is 0.688. The first-order valence-corrected chi connectivity index (χ1v) is 10.1. The third-order valence-corrected chi connectivity index (χ3v) is 5.73. The zero-order valence-corrected chi connectivity index (χ0v) is 16.9. The van der Waals surface area contributed by atoms with E-state index < -0.39 is 0 Å². The average molecular weight is 385 g/mol. The predicted molar refractivity (Wildman–Crippen MR) is 107 cm³/mol. The first-order chi connectivity index (χ1) is 12.9. The number of morpholine rings is 1. The predicted octanol–water partition coefficient (Wildman–Crippen LogP) is 3.85. The number of carbonyl (C=O) groups is 1. The Kier molecular flexibility index (Phi) is 4.74. The lowest BCUT2D eigenvalue weighted by atomic mass is 10.1. The fourth-order valence-corrected chi connectivity index (χ4v) is 4.46. The van der Waals surface area contributed by atoms with E-state index in [1.54, 1.807) is 11.3 Å². The minimum absolute atomic E-state index is 0.0358. The van der Waals surface area contributed by atoms with Crippen LogP contribution in [0.3, 0.4) is 0 Å². The van der Waals surface area contributed by atoms with E-state index in [1.165, 1.54) is 0 Å². The number of thiazole rings is 1. The second-order valence-electron chi connectivity index (χ2n) is 7.45. The maximum Gasteiger partial charge on any atom is 0.274 e. The van der Waals surface area contributed by atoms with Crippen LogP contribution in [-0.2, 0) is 4.74 Å². The van der Waals surface area contributed by atoms with Gasteiger partial charge in [0.05, 0.1) is 28.1 Å². The van der Waals surface area contributed by atoms with E-state index in [0.717, 1.165) is 21.0 Å². The summed E-state index contributed by atoms with van der Waals surface area (Å²) in [6, 6.07) is 9.94. The van der Waals surface area contributed by atoms with E-state index in [2.05, 4.69) is 25.0 Å². The Hall–Kier alpha value is -2.25. The molecule has 0 N–H and O–H groups in total. The normalized spacial score (nSPS) is 20.6. The molecule has 4 rings (SSSR count). The number of hydrogen-bond acceptors (Lipinski definition) is 5. The van der Waals surface area contributed by atoms with Gasteiger partial charge < -0.3 is 9.64 Å². The molecule has 0 radical (unpaired) electrons. The van der Waals surface area contributed by atoms with Crippen LogP contribution in [0.25, 0.3) is 15.3 Å². The van der Waals surface area contributed by atoms with Crippen molar-refractivity contribution in [2.45, 2.75) is 45.8 Å². The molecule has 0 saturated carbocycles. The monoisotopic (exact) mass is 384 g/mol. The summed E-state index contributed by atoms with van der Waals surface area (Å²) in [4.78, 5) is 19.6. The average Bonchev–Trinajstić information content (AvgIpc) is 3.24. The van der Waals surface area contributed by atoms with Crippen LogP contribution in [0.4, 0.5) is 0 Å². The molecule has 6 nitrogen and oxygen atoms in total. The molecular formula is C20H24N4O2S. The fourth-order valence-electron chi connectivity index (χ4n) is 3.52. The van der Waals surface area contributed by atoms with Gasteiger partial charge in [0.15, 0.2) is 5.69 Å². The number of para-hydroxylation sites is 1. The first-order valence-electron chi connectivity index (χ1n) is 9.33.